The molecule has 6 nitrogen and oxygen atoms in total. The van der Waals surface area contributed by atoms with Gasteiger partial charge in [0.05, 0.1) is 5.39 Å². The molecule has 0 atom stereocenters. The monoisotopic (exact) mass is 288 g/mol. The standard InChI is InChI=1S/C13H16N4O2Si/c1-16-11-10(12(18)17(2)13(16)19)8-9(14-15-11)6-7-20(3,4)5/h8H,1-5H3. The maximum atomic E-state index is 12.1. The summed E-state index contributed by atoms with van der Waals surface area (Å²) in [6.45, 7) is 6.37. The predicted octanol–water partition coefficient (Wildman–Crippen LogP) is 0.256. The van der Waals surface area contributed by atoms with Crippen molar-refractivity contribution in [3.63, 3.8) is 0 Å². The van der Waals surface area contributed by atoms with E-state index in [0.717, 1.165) is 4.57 Å². The minimum atomic E-state index is -1.52. The number of fused-ring (bicyclic) bond motifs is 1. The van der Waals surface area contributed by atoms with Crippen molar-refractivity contribution in [2.45, 2.75) is 19.6 Å². The third kappa shape index (κ3) is 2.55. The van der Waals surface area contributed by atoms with E-state index in [1.54, 1.807) is 13.1 Å². The molecule has 104 valence electrons. The summed E-state index contributed by atoms with van der Waals surface area (Å²) in [4.78, 5) is 23.9. The zero-order valence-corrected chi connectivity index (χ0v) is 13.2. The fraction of sp³-hybridized carbons (Fsp3) is 0.385. The summed E-state index contributed by atoms with van der Waals surface area (Å²) < 4.78 is 2.36. The Bertz CT molecular complexity index is 863. The summed E-state index contributed by atoms with van der Waals surface area (Å²) in [5.74, 6) is 2.96. The van der Waals surface area contributed by atoms with Crippen LogP contribution in [0.25, 0.3) is 11.0 Å². The highest BCUT2D eigenvalue weighted by Crippen LogP contribution is 2.04. The molecule has 0 aliphatic rings. The van der Waals surface area contributed by atoms with Crippen LogP contribution in [0.5, 0.6) is 0 Å². The summed E-state index contributed by atoms with van der Waals surface area (Å²) >= 11 is 0. The average Bonchev–Trinajstić information content (AvgIpc) is 2.39. The molecule has 7 heteroatoms. The molecule has 2 aromatic rings. The first-order valence-corrected chi connectivity index (χ1v) is 9.67. The summed E-state index contributed by atoms with van der Waals surface area (Å²) in [7, 11) is 1.48. The Morgan fingerprint density at radius 1 is 1.10 bits per heavy atom. The maximum absolute atomic E-state index is 12.1. The summed E-state index contributed by atoms with van der Waals surface area (Å²) in [6.07, 6.45) is 0. The highest BCUT2D eigenvalue weighted by Gasteiger charge is 2.11. The van der Waals surface area contributed by atoms with Gasteiger partial charge in [-0.05, 0) is 6.07 Å². The number of nitrogens with zero attached hydrogens (tertiary/aromatic N) is 4. The van der Waals surface area contributed by atoms with Gasteiger partial charge in [0, 0.05) is 14.1 Å². The Balaban J connectivity index is 2.75. The van der Waals surface area contributed by atoms with Gasteiger partial charge in [-0.2, -0.15) is 0 Å². The molecule has 0 saturated carbocycles. The second kappa shape index (κ2) is 4.72. The summed E-state index contributed by atoms with van der Waals surface area (Å²) in [5.41, 5.74) is 3.10. The van der Waals surface area contributed by atoms with E-state index in [9.17, 15) is 9.59 Å². The second-order valence-corrected chi connectivity index (χ2v) is 10.4. The van der Waals surface area contributed by atoms with Gasteiger partial charge in [-0.3, -0.25) is 13.9 Å². The Hall–Kier alpha value is -2.20. The Labute approximate surface area is 117 Å². The van der Waals surface area contributed by atoms with Gasteiger partial charge in [0.15, 0.2) is 5.65 Å². The molecule has 0 fully saturated rings. The first-order valence-electron chi connectivity index (χ1n) is 6.17. The van der Waals surface area contributed by atoms with Crippen LogP contribution in [0.1, 0.15) is 5.69 Å². The lowest BCUT2D eigenvalue weighted by Crippen LogP contribution is -2.37. The van der Waals surface area contributed by atoms with Crippen LogP contribution in [-0.4, -0.2) is 27.4 Å². The fourth-order valence-electron chi connectivity index (χ4n) is 1.69. The molecule has 2 aromatic heterocycles. The van der Waals surface area contributed by atoms with Gasteiger partial charge in [-0.1, -0.05) is 25.6 Å². The first kappa shape index (κ1) is 14.2. The van der Waals surface area contributed by atoms with Crippen molar-refractivity contribution in [3.8, 4) is 11.5 Å². The SMILES string of the molecule is Cn1c(=O)c2cc(C#C[Si](C)(C)C)nnc2n(C)c1=O. The average molecular weight is 288 g/mol. The van der Waals surface area contributed by atoms with Gasteiger partial charge in [0.1, 0.15) is 13.8 Å². The zero-order valence-electron chi connectivity index (χ0n) is 12.2. The number of hydrogen-bond acceptors (Lipinski definition) is 4. The smallest absolute Gasteiger partial charge is 0.279 e. The van der Waals surface area contributed by atoms with Gasteiger partial charge < -0.3 is 0 Å². The quantitative estimate of drug-likeness (QED) is 0.515. The van der Waals surface area contributed by atoms with Crippen molar-refractivity contribution in [2.75, 3.05) is 0 Å². The van der Waals surface area contributed by atoms with E-state index < -0.39 is 13.8 Å². The van der Waals surface area contributed by atoms with E-state index in [4.69, 9.17) is 0 Å². The van der Waals surface area contributed by atoms with Crippen molar-refractivity contribution in [2.24, 2.45) is 14.1 Å². The van der Waals surface area contributed by atoms with Crippen LogP contribution in [0.15, 0.2) is 15.7 Å². The fourth-order valence-corrected chi connectivity index (χ4v) is 2.19. The molecule has 0 radical (unpaired) electrons. The molecule has 0 saturated heterocycles. The molecule has 0 bridgehead atoms. The molecule has 0 N–H and O–H groups in total. The van der Waals surface area contributed by atoms with E-state index in [-0.39, 0.29) is 11.2 Å². The summed E-state index contributed by atoms with van der Waals surface area (Å²) in [6, 6.07) is 1.59. The van der Waals surface area contributed by atoms with Crippen LogP contribution < -0.4 is 11.2 Å². The first-order chi connectivity index (χ1) is 9.20. The minimum absolute atomic E-state index is 0.275. The third-order valence-electron chi connectivity index (χ3n) is 2.77. The van der Waals surface area contributed by atoms with E-state index >= 15 is 0 Å². The van der Waals surface area contributed by atoms with E-state index in [1.165, 1.54) is 11.6 Å². The minimum Gasteiger partial charge on any atom is -0.279 e. The van der Waals surface area contributed by atoms with Crippen LogP contribution in [0.3, 0.4) is 0 Å². The van der Waals surface area contributed by atoms with Crippen molar-refractivity contribution < 1.29 is 0 Å². The van der Waals surface area contributed by atoms with Gasteiger partial charge in [0.2, 0.25) is 0 Å². The molecule has 2 heterocycles. The highest BCUT2D eigenvalue weighted by atomic mass is 28.3. The molecule has 2 rings (SSSR count). The van der Waals surface area contributed by atoms with E-state index in [2.05, 4.69) is 41.3 Å². The summed E-state index contributed by atoms with van der Waals surface area (Å²) in [5, 5.41) is 8.28. The highest BCUT2D eigenvalue weighted by molar-refractivity contribution is 6.83. The lowest BCUT2D eigenvalue weighted by molar-refractivity contribution is 0.702. The van der Waals surface area contributed by atoms with Gasteiger partial charge >= 0.3 is 5.69 Å². The van der Waals surface area contributed by atoms with E-state index in [1.807, 2.05) is 0 Å². The lowest BCUT2D eigenvalue weighted by atomic mass is 10.3. The third-order valence-corrected chi connectivity index (χ3v) is 3.64. The Morgan fingerprint density at radius 3 is 2.35 bits per heavy atom. The normalized spacial score (nSPS) is 11.2. The van der Waals surface area contributed by atoms with Crippen molar-refractivity contribution in [3.05, 3.63) is 32.6 Å². The van der Waals surface area contributed by atoms with Gasteiger partial charge in [-0.25, -0.2) is 4.79 Å². The van der Waals surface area contributed by atoms with Crippen molar-refractivity contribution in [1.82, 2.24) is 19.3 Å². The molecule has 0 unspecified atom stereocenters. The largest absolute Gasteiger partial charge is 0.332 e. The van der Waals surface area contributed by atoms with Gasteiger partial charge in [-0.15, -0.1) is 15.7 Å². The van der Waals surface area contributed by atoms with Crippen molar-refractivity contribution in [1.29, 1.82) is 0 Å². The molecule has 0 spiro atoms. The van der Waals surface area contributed by atoms with Gasteiger partial charge in [0.25, 0.3) is 5.56 Å². The zero-order chi connectivity index (χ0) is 15.1. The van der Waals surface area contributed by atoms with E-state index in [0.29, 0.717) is 11.1 Å². The van der Waals surface area contributed by atoms with Crippen LogP contribution in [0.2, 0.25) is 19.6 Å². The van der Waals surface area contributed by atoms with Crippen molar-refractivity contribution >= 4 is 19.1 Å². The lowest BCUT2D eigenvalue weighted by Gasteiger charge is -2.06. The number of aromatic nitrogens is 4. The van der Waals surface area contributed by atoms with Crippen LogP contribution in [0, 0.1) is 11.5 Å². The number of hydrogen-bond donors (Lipinski definition) is 0. The topological polar surface area (TPSA) is 69.8 Å². The molecular formula is C13H16N4O2Si. The number of aryl methyl sites for hydroxylation is 1. The number of rotatable bonds is 0. The molecule has 20 heavy (non-hydrogen) atoms. The van der Waals surface area contributed by atoms with Crippen LogP contribution in [-0.2, 0) is 14.1 Å². The predicted molar refractivity (Wildman–Crippen MR) is 80.2 cm³/mol. The maximum Gasteiger partial charge on any atom is 0.332 e. The molecule has 0 aliphatic heterocycles. The molecule has 0 aromatic carbocycles. The molecule has 0 aliphatic carbocycles. The Morgan fingerprint density at radius 2 is 1.75 bits per heavy atom. The second-order valence-electron chi connectivity index (χ2n) is 5.67. The Kier molecular flexibility index (Phi) is 3.35. The molecule has 0 amide bonds. The van der Waals surface area contributed by atoms with Crippen LogP contribution in [0.4, 0.5) is 0 Å². The molecular weight excluding hydrogens is 272 g/mol. The van der Waals surface area contributed by atoms with Crippen LogP contribution >= 0.6 is 0 Å².